The number of rotatable bonds is 4. The number of aliphatic hydroxyl groups excluding tert-OH is 1. The molecule has 2 N–H and O–H groups in total. The number of halogens is 1. The molecule has 0 unspecified atom stereocenters. The van der Waals surface area contributed by atoms with Crippen LogP contribution in [0.5, 0.6) is 0 Å². The molecular formula is C11H16IN3O3. The van der Waals surface area contributed by atoms with Gasteiger partial charge in [-0.25, -0.2) is 4.98 Å². The highest BCUT2D eigenvalue weighted by molar-refractivity contribution is 14.1. The second-order valence-electron chi connectivity index (χ2n) is 4.15. The minimum absolute atomic E-state index is 0.0632. The highest BCUT2D eigenvalue weighted by Crippen LogP contribution is 2.21. The number of aliphatic hydroxyl groups is 1. The van der Waals surface area contributed by atoms with Crippen LogP contribution in [0.1, 0.15) is 12.8 Å². The summed E-state index contributed by atoms with van der Waals surface area (Å²) in [4.78, 5) is 20.4. The van der Waals surface area contributed by atoms with E-state index in [0.29, 0.717) is 10.2 Å². The van der Waals surface area contributed by atoms with Crippen molar-refractivity contribution in [3.63, 3.8) is 0 Å². The van der Waals surface area contributed by atoms with Gasteiger partial charge in [0.15, 0.2) is 0 Å². The second-order valence-corrected chi connectivity index (χ2v) is 5.23. The van der Waals surface area contributed by atoms with Gasteiger partial charge in [0.1, 0.15) is 9.39 Å². The first-order valence-electron chi connectivity index (χ1n) is 5.93. The summed E-state index contributed by atoms with van der Waals surface area (Å²) >= 11 is 2.02. The summed E-state index contributed by atoms with van der Waals surface area (Å²) in [6.45, 7) is 2.10. The van der Waals surface area contributed by atoms with Gasteiger partial charge in [-0.3, -0.25) is 4.79 Å². The van der Waals surface area contributed by atoms with E-state index in [4.69, 9.17) is 9.84 Å². The lowest BCUT2D eigenvalue weighted by Gasteiger charge is -2.32. The SMILES string of the molecule is O=c1[nH]cnc(N2CCC(OCCO)CC2)c1I. The van der Waals surface area contributed by atoms with Crippen molar-refractivity contribution in [3.05, 3.63) is 20.3 Å². The third kappa shape index (κ3) is 3.21. The van der Waals surface area contributed by atoms with E-state index in [9.17, 15) is 4.79 Å². The molecule has 0 spiro atoms. The molecule has 0 radical (unpaired) electrons. The lowest BCUT2D eigenvalue weighted by atomic mass is 10.1. The zero-order valence-corrected chi connectivity index (χ0v) is 12.1. The van der Waals surface area contributed by atoms with Gasteiger partial charge in [-0.1, -0.05) is 0 Å². The lowest BCUT2D eigenvalue weighted by molar-refractivity contribution is 0.0158. The topological polar surface area (TPSA) is 78.5 Å². The van der Waals surface area contributed by atoms with E-state index in [1.807, 2.05) is 22.6 Å². The Bertz CT molecular complexity index is 443. The normalized spacial score (nSPS) is 17.1. The summed E-state index contributed by atoms with van der Waals surface area (Å²) in [5, 5.41) is 8.71. The molecular weight excluding hydrogens is 349 g/mol. The van der Waals surface area contributed by atoms with Gasteiger partial charge >= 0.3 is 0 Å². The fourth-order valence-electron chi connectivity index (χ4n) is 2.05. The fraction of sp³-hybridized carbons (Fsp3) is 0.636. The van der Waals surface area contributed by atoms with Gasteiger partial charge in [0.2, 0.25) is 0 Å². The Morgan fingerprint density at radius 2 is 2.28 bits per heavy atom. The van der Waals surface area contributed by atoms with Crippen LogP contribution in [0.4, 0.5) is 5.82 Å². The predicted molar refractivity (Wildman–Crippen MR) is 75.8 cm³/mol. The number of piperidine rings is 1. The van der Waals surface area contributed by atoms with Gasteiger partial charge < -0.3 is 19.7 Å². The highest BCUT2D eigenvalue weighted by atomic mass is 127. The molecule has 1 saturated heterocycles. The number of hydrogen-bond donors (Lipinski definition) is 2. The summed E-state index contributed by atoms with van der Waals surface area (Å²) in [6, 6.07) is 0. The van der Waals surface area contributed by atoms with Crippen LogP contribution in [0, 0.1) is 3.57 Å². The highest BCUT2D eigenvalue weighted by Gasteiger charge is 2.22. The van der Waals surface area contributed by atoms with Crippen LogP contribution in [0.2, 0.25) is 0 Å². The molecule has 0 aliphatic carbocycles. The quantitative estimate of drug-likeness (QED) is 0.754. The number of anilines is 1. The molecule has 0 saturated carbocycles. The molecule has 0 aromatic carbocycles. The maximum Gasteiger partial charge on any atom is 0.266 e. The molecule has 0 amide bonds. The Balaban J connectivity index is 1.97. The van der Waals surface area contributed by atoms with Gasteiger partial charge in [0.05, 0.1) is 25.6 Å². The molecule has 2 rings (SSSR count). The number of hydrogen-bond acceptors (Lipinski definition) is 5. The maximum atomic E-state index is 11.5. The van der Waals surface area contributed by atoms with Gasteiger partial charge in [-0.05, 0) is 35.4 Å². The molecule has 18 heavy (non-hydrogen) atoms. The average Bonchev–Trinajstić information content (AvgIpc) is 2.40. The van der Waals surface area contributed by atoms with Crippen molar-refractivity contribution in [1.29, 1.82) is 0 Å². The fourth-order valence-corrected chi connectivity index (χ4v) is 2.68. The predicted octanol–water partition coefficient (Wildman–Crippen LogP) is 0.352. The van der Waals surface area contributed by atoms with Crippen LogP contribution >= 0.6 is 22.6 Å². The molecule has 2 heterocycles. The largest absolute Gasteiger partial charge is 0.394 e. The first kappa shape index (κ1) is 13.8. The number of H-pyrrole nitrogens is 1. The van der Waals surface area contributed by atoms with Gasteiger partial charge in [0.25, 0.3) is 5.56 Å². The molecule has 6 nitrogen and oxygen atoms in total. The summed E-state index contributed by atoms with van der Waals surface area (Å²) in [5.74, 6) is 0.750. The number of nitrogens with zero attached hydrogens (tertiary/aromatic N) is 2. The van der Waals surface area contributed by atoms with E-state index in [0.717, 1.165) is 31.7 Å². The van der Waals surface area contributed by atoms with E-state index in [2.05, 4.69) is 14.9 Å². The first-order chi connectivity index (χ1) is 8.72. The van der Waals surface area contributed by atoms with Crippen molar-refractivity contribution in [3.8, 4) is 0 Å². The Labute approximate surface area is 119 Å². The Morgan fingerprint density at radius 1 is 1.56 bits per heavy atom. The molecule has 1 fully saturated rings. The van der Waals surface area contributed by atoms with Gasteiger partial charge in [-0.15, -0.1) is 0 Å². The number of aromatic amines is 1. The van der Waals surface area contributed by atoms with E-state index in [-0.39, 0.29) is 18.3 Å². The summed E-state index contributed by atoms with van der Waals surface area (Å²) in [6.07, 6.45) is 3.43. The second kappa shape index (κ2) is 6.48. The number of nitrogens with one attached hydrogen (secondary N) is 1. The summed E-state index contributed by atoms with van der Waals surface area (Å²) in [7, 11) is 0. The lowest BCUT2D eigenvalue weighted by Crippen LogP contribution is -2.39. The molecule has 1 aromatic rings. The van der Waals surface area contributed by atoms with Crippen LogP contribution in [-0.2, 0) is 4.74 Å². The molecule has 7 heteroatoms. The van der Waals surface area contributed by atoms with E-state index in [1.54, 1.807) is 0 Å². The Hall–Kier alpha value is -0.670. The minimum Gasteiger partial charge on any atom is -0.394 e. The maximum absolute atomic E-state index is 11.5. The van der Waals surface area contributed by atoms with Crippen molar-refractivity contribution in [1.82, 2.24) is 9.97 Å². The zero-order chi connectivity index (χ0) is 13.0. The van der Waals surface area contributed by atoms with Crippen molar-refractivity contribution in [2.75, 3.05) is 31.2 Å². The van der Waals surface area contributed by atoms with Gasteiger partial charge in [0, 0.05) is 13.1 Å². The first-order valence-corrected chi connectivity index (χ1v) is 7.01. The number of ether oxygens (including phenoxy) is 1. The Morgan fingerprint density at radius 3 is 2.94 bits per heavy atom. The van der Waals surface area contributed by atoms with Crippen LogP contribution in [-0.4, -0.2) is 47.5 Å². The van der Waals surface area contributed by atoms with Gasteiger partial charge in [-0.2, -0.15) is 0 Å². The van der Waals surface area contributed by atoms with Crippen molar-refractivity contribution in [2.24, 2.45) is 0 Å². The number of aromatic nitrogens is 2. The summed E-state index contributed by atoms with van der Waals surface area (Å²) < 4.78 is 6.13. The minimum atomic E-state index is -0.0979. The monoisotopic (exact) mass is 365 g/mol. The van der Waals surface area contributed by atoms with Crippen LogP contribution in [0.15, 0.2) is 11.1 Å². The Kier molecular flexibility index (Phi) is 4.95. The smallest absolute Gasteiger partial charge is 0.266 e. The van der Waals surface area contributed by atoms with E-state index < -0.39 is 0 Å². The van der Waals surface area contributed by atoms with Crippen molar-refractivity contribution in [2.45, 2.75) is 18.9 Å². The third-order valence-corrected chi connectivity index (χ3v) is 3.94. The third-order valence-electron chi connectivity index (χ3n) is 2.96. The summed E-state index contributed by atoms with van der Waals surface area (Å²) in [5.41, 5.74) is -0.0979. The molecule has 1 aliphatic rings. The molecule has 0 bridgehead atoms. The van der Waals surface area contributed by atoms with Crippen LogP contribution < -0.4 is 10.5 Å². The van der Waals surface area contributed by atoms with E-state index in [1.165, 1.54) is 6.33 Å². The van der Waals surface area contributed by atoms with Crippen LogP contribution in [0.25, 0.3) is 0 Å². The molecule has 1 aliphatic heterocycles. The van der Waals surface area contributed by atoms with Crippen molar-refractivity contribution < 1.29 is 9.84 Å². The molecule has 0 atom stereocenters. The molecule has 1 aromatic heterocycles. The standard InChI is InChI=1S/C11H16IN3O3/c12-9-10(13-7-14-11(9)17)15-3-1-8(2-4-15)18-6-5-16/h7-8,16H,1-6H2,(H,13,14,17). The zero-order valence-electron chi connectivity index (χ0n) is 9.93. The van der Waals surface area contributed by atoms with Crippen LogP contribution in [0.3, 0.4) is 0 Å². The van der Waals surface area contributed by atoms with Crippen molar-refractivity contribution >= 4 is 28.4 Å². The average molecular weight is 365 g/mol. The van der Waals surface area contributed by atoms with E-state index >= 15 is 0 Å². The molecule has 100 valence electrons.